The van der Waals surface area contributed by atoms with Crippen molar-refractivity contribution in [2.75, 3.05) is 19.7 Å². The van der Waals surface area contributed by atoms with E-state index in [-0.39, 0.29) is 24.2 Å². The fourth-order valence-electron chi connectivity index (χ4n) is 3.71. The van der Waals surface area contributed by atoms with E-state index < -0.39 is 11.7 Å². The Hall–Kier alpha value is -3.30. The van der Waals surface area contributed by atoms with E-state index in [0.717, 1.165) is 23.9 Å². The highest BCUT2D eigenvalue weighted by molar-refractivity contribution is 5.94. The minimum absolute atomic E-state index is 0.0527. The first kappa shape index (κ1) is 21.0. The van der Waals surface area contributed by atoms with Gasteiger partial charge in [-0.3, -0.25) is 14.6 Å². The monoisotopic (exact) mass is 433 g/mol. The van der Waals surface area contributed by atoms with Crippen LogP contribution in [0.25, 0.3) is 0 Å². The van der Waals surface area contributed by atoms with Gasteiger partial charge in [0, 0.05) is 44.4 Å². The Balaban J connectivity index is 1.32. The highest BCUT2D eigenvalue weighted by Crippen LogP contribution is 2.36. The van der Waals surface area contributed by atoms with Gasteiger partial charge in [0.1, 0.15) is 5.75 Å². The molecule has 2 aromatic heterocycles. The number of nitrogens with one attached hydrogen (secondary N) is 1. The number of para-hydroxylation sites is 1. The summed E-state index contributed by atoms with van der Waals surface area (Å²) in [5.74, 6) is -0.129. The van der Waals surface area contributed by atoms with Gasteiger partial charge in [-0.05, 0) is 24.6 Å². The van der Waals surface area contributed by atoms with Crippen LogP contribution in [0.3, 0.4) is 0 Å². The first-order valence-electron chi connectivity index (χ1n) is 9.92. The van der Waals surface area contributed by atoms with Gasteiger partial charge in [0.2, 0.25) is 0 Å². The predicted octanol–water partition coefficient (Wildman–Crippen LogP) is 3.41. The molecule has 0 aliphatic carbocycles. The number of benzene rings is 1. The Morgan fingerprint density at radius 1 is 1.32 bits per heavy atom. The molecule has 1 aromatic carbocycles. The van der Waals surface area contributed by atoms with E-state index in [1.165, 1.54) is 18.2 Å². The molecule has 0 unspecified atom stereocenters. The van der Waals surface area contributed by atoms with E-state index in [9.17, 15) is 18.0 Å². The van der Waals surface area contributed by atoms with Crippen LogP contribution in [-0.4, -0.2) is 50.5 Å². The third-order valence-corrected chi connectivity index (χ3v) is 5.32. The van der Waals surface area contributed by atoms with E-state index in [0.29, 0.717) is 25.1 Å². The SMILES string of the molecule is Cn1cc(C(=O)N2CC[C@H](c3cc(CCOc4ccccc4C(F)(F)F)[nH]n3)C2)cn1. The number of hydrogen-bond donors (Lipinski definition) is 1. The molecular weight excluding hydrogens is 411 g/mol. The number of rotatable bonds is 6. The quantitative estimate of drug-likeness (QED) is 0.647. The third-order valence-electron chi connectivity index (χ3n) is 5.32. The molecule has 10 heteroatoms. The maximum Gasteiger partial charge on any atom is 0.419 e. The number of likely N-dealkylation sites (tertiary alicyclic amines) is 1. The molecule has 1 atom stereocenters. The number of ether oxygens (including phenoxy) is 1. The maximum atomic E-state index is 13.0. The summed E-state index contributed by atoms with van der Waals surface area (Å²) in [6, 6.07) is 7.05. The van der Waals surface area contributed by atoms with Crippen molar-refractivity contribution in [1.82, 2.24) is 24.9 Å². The molecular formula is C21H22F3N5O2. The van der Waals surface area contributed by atoms with Crippen LogP contribution in [0, 0.1) is 0 Å². The number of carbonyl (C=O) groups is 1. The Bertz CT molecular complexity index is 1060. The van der Waals surface area contributed by atoms with Crippen molar-refractivity contribution in [3.05, 3.63) is 65.2 Å². The summed E-state index contributed by atoms with van der Waals surface area (Å²) in [6.45, 7) is 1.29. The van der Waals surface area contributed by atoms with Gasteiger partial charge in [0.05, 0.1) is 29.6 Å². The molecule has 1 aliphatic heterocycles. The number of nitrogens with zero attached hydrogens (tertiary/aromatic N) is 4. The highest BCUT2D eigenvalue weighted by atomic mass is 19.4. The van der Waals surface area contributed by atoms with Crippen LogP contribution in [0.5, 0.6) is 5.75 Å². The minimum Gasteiger partial charge on any atom is -0.493 e. The molecule has 0 bridgehead atoms. The van der Waals surface area contributed by atoms with Crippen molar-refractivity contribution in [1.29, 1.82) is 0 Å². The lowest BCUT2D eigenvalue weighted by Gasteiger charge is -2.14. The molecule has 1 fully saturated rings. The van der Waals surface area contributed by atoms with E-state index in [4.69, 9.17) is 4.74 Å². The fourth-order valence-corrected chi connectivity index (χ4v) is 3.71. The van der Waals surface area contributed by atoms with Gasteiger partial charge in [0.15, 0.2) is 0 Å². The number of H-pyrrole nitrogens is 1. The molecule has 0 saturated carbocycles. The Morgan fingerprint density at radius 3 is 2.87 bits per heavy atom. The summed E-state index contributed by atoms with van der Waals surface area (Å²) in [5.41, 5.74) is 1.38. The fraction of sp³-hybridized carbons (Fsp3) is 0.381. The van der Waals surface area contributed by atoms with Gasteiger partial charge in [-0.25, -0.2) is 0 Å². The average molecular weight is 433 g/mol. The van der Waals surface area contributed by atoms with Gasteiger partial charge >= 0.3 is 6.18 Å². The number of amides is 1. The number of carbonyl (C=O) groups excluding carboxylic acids is 1. The smallest absolute Gasteiger partial charge is 0.419 e. The van der Waals surface area contributed by atoms with E-state index >= 15 is 0 Å². The van der Waals surface area contributed by atoms with Crippen LogP contribution in [-0.2, 0) is 19.6 Å². The molecule has 164 valence electrons. The van der Waals surface area contributed by atoms with Crippen LogP contribution < -0.4 is 4.74 Å². The number of halogens is 3. The van der Waals surface area contributed by atoms with Crippen molar-refractivity contribution in [2.24, 2.45) is 7.05 Å². The van der Waals surface area contributed by atoms with E-state index in [1.54, 1.807) is 29.0 Å². The summed E-state index contributed by atoms with van der Waals surface area (Å²) in [6.07, 6.45) is -0.0200. The number of aryl methyl sites for hydroxylation is 1. The first-order chi connectivity index (χ1) is 14.8. The lowest BCUT2D eigenvalue weighted by molar-refractivity contribution is -0.138. The molecule has 1 aliphatic rings. The van der Waals surface area contributed by atoms with Gasteiger partial charge in [-0.15, -0.1) is 0 Å². The van der Waals surface area contributed by atoms with Gasteiger partial charge in [-0.1, -0.05) is 12.1 Å². The third kappa shape index (κ3) is 4.73. The summed E-state index contributed by atoms with van der Waals surface area (Å²) in [7, 11) is 1.76. The van der Waals surface area contributed by atoms with Crippen LogP contribution in [0.15, 0.2) is 42.7 Å². The topological polar surface area (TPSA) is 76.0 Å². The molecule has 1 N–H and O–H groups in total. The molecule has 3 heterocycles. The van der Waals surface area contributed by atoms with Gasteiger partial charge in [-0.2, -0.15) is 23.4 Å². The summed E-state index contributed by atoms with van der Waals surface area (Å²) in [5, 5.41) is 11.3. The average Bonchev–Trinajstić information content (AvgIpc) is 3.47. The number of hydrogen-bond acceptors (Lipinski definition) is 4. The van der Waals surface area contributed by atoms with Crippen molar-refractivity contribution in [3.63, 3.8) is 0 Å². The molecule has 1 saturated heterocycles. The number of alkyl halides is 3. The lowest BCUT2D eigenvalue weighted by Crippen LogP contribution is -2.28. The minimum atomic E-state index is -4.46. The summed E-state index contributed by atoms with van der Waals surface area (Å²) >= 11 is 0. The van der Waals surface area contributed by atoms with E-state index in [1.807, 2.05) is 6.07 Å². The standard InChI is InChI=1S/C21H22F3N5O2/c1-28-12-15(11-25-28)20(30)29-8-6-14(13-29)18-10-16(26-27-18)7-9-31-19-5-3-2-4-17(19)21(22,23)24/h2-5,10-12,14H,6-9,13H2,1H3,(H,26,27)/t14-/m0/s1. The van der Waals surface area contributed by atoms with Gasteiger partial charge in [0.25, 0.3) is 5.91 Å². The second kappa shape index (κ2) is 8.44. The highest BCUT2D eigenvalue weighted by Gasteiger charge is 2.34. The van der Waals surface area contributed by atoms with Crippen molar-refractivity contribution < 1.29 is 22.7 Å². The van der Waals surface area contributed by atoms with Gasteiger partial charge < -0.3 is 9.64 Å². The largest absolute Gasteiger partial charge is 0.493 e. The molecule has 7 nitrogen and oxygen atoms in total. The Morgan fingerprint density at radius 2 is 2.13 bits per heavy atom. The molecule has 4 rings (SSSR count). The van der Waals surface area contributed by atoms with Crippen molar-refractivity contribution >= 4 is 5.91 Å². The maximum absolute atomic E-state index is 13.0. The predicted molar refractivity (Wildman–Crippen MR) is 106 cm³/mol. The number of aromatic amines is 1. The van der Waals surface area contributed by atoms with Crippen molar-refractivity contribution in [2.45, 2.75) is 24.9 Å². The number of aromatic nitrogens is 4. The Labute approximate surface area is 176 Å². The van der Waals surface area contributed by atoms with Crippen LogP contribution >= 0.6 is 0 Å². The molecule has 0 radical (unpaired) electrons. The lowest BCUT2D eigenvalue weighted by atomic mass is 10.0. The molecule has 31 heavy (non-hydrogen) atoms. The van der Waals surface area contributed by atoms with E-state index in [2.05, 4.69) is 15.3 Å². The summed E-state index contributed by atoms with van der Waals surface area (Å²) in [4.78, 5) is 14.3. The zero-order chi connectivity index (χ0) is 22.0. The first-order valence-corrected chi connectivity index (χ1v) is 9.92. The summed E-state index contributed by atoms with van der Waals surface area (Å²) < 4.78 is 46.1. The molecule has 0 spiro atoms. The second-order valence-corrected chi connectivity index (χ2v) is 7.55. The Kier molecular flexibility index (Phi) is 5.71. The normalized spacial score (nSPS) is 16.6. The van der Waals surface area contributed by atoms with Crippen LogP contribution in [0.2, 0.25) is 0 Å². The van der Waals surface area contributed by atoms with Crippen molar-refractivity contribution in [3.8, 4) is 5.75 Å². The second-order valence-electron chi connectivity index (χ2n) is 7.55. The van der Waals surface area contributed by atoms with Crippen LogP contribution in [0.4, 0.5) is 13.2 Å². The zero-order valence-electron chi connectivity index (χ0n) is 16.9. The zero-order valence-corrected chi connectivity index (χ0v) is 16.9. The molecule has 1 amide bonds. The van der Waals surface area contributed by atoms with Crippen LogP contribution in [0.1, 0.15) is 39.6 Å². The molecule has 3 aromatic rings.